The molecule has 0 aliphatic heterocycles. The highest BCUT2D eigenvalue weighted by Crippen LogP contribution is 2.31. The fourth-order valence-corrected chi connectivity index (χ4v) is 2.42. The minimum absolute atomic E-state index is 0.0797. The molecule has 5 heteroatoms. The summed E-state index contributed by atoms with van der Waals surface area (Å²) >= 11 is 0. The molecule has 0 saturated heterocycles. The van der Waals surface area contributed by atoms with Crippen LogP contribution in [0.5, 0.6) is 0 Å². The van der Waals surface area contributed by atoms with E-state index in [-0.39, 0.29) is 11.8 Å². The topological polar surface area (TPSA) is 81.2 Å². The molecular weight excluding hydrogens is 266 g/mol. The highest BCUT2D eigenvalue weighted by Gasteiger charge is 2.26. The number of aromatic nitrogens is 1. The molecule has 0 radical (unpaired) electrons. The monoisotopic (exact) mass is 285 g/mol. The number of hydrogen-bond acceptors (Lipinski definition) is 4. The lowest BCUT2D eigenvalue weighted by atomic mass is 9.85. The fourth-order valence-electron chi connectivity index (χ4n) is 2.42. The molecule has 3 N–H and O–H groups in total. The highest BCUT2D eigenvalue weighted by molar-refractivity contribution is 5.96. The van der Waals surface area contributed by atoms with E-state index in [0.717, 1.165) is 36.2 Å². The number of nitrogens with zero attached hydrogens (tertiary/aromatic N) is 1. The molecule has 0 atom stereocenters. The Morgan fingerprint density at radius 3 is 2.81 bits per heavy atom. The Balaban J connectivity index is 1.89. The summed E-state index contributed by atoms with van der Waals surface area (Å²) in [6.45, 7) is 2.18. The van der Waals surface area contributed by atoms with E-state index in [2.05, 4.69) is 10.3 Å². The summed E-state index contributed by atoms with van der Waals surface area (Å²) in [7, 11) is 0. The zero-order chi connectivity index (χ0) is 14.8. The van der Waals surface area contributed by atoms with Gasteiger partial charge in [0.1, 0.15) is 5.76 Å². The van der Waals surface area contributed by atoms with Gasteiger partial charge in [0.2, 0.25) is 11.8 Å². The second-order valence-corrected chi connectivity index (χ2v) is 5.39. The second-order valence-electron chi connectivity index (χ2n) is 5.39. The SMILES string of the molecule is Cc1oc(-c2ccccc2NC(=O)C2CCC2)nc1CN. The van der Waals surface area contributed by atoms with E-state index in [1.807, 2.05) is 31.2 Å². The summed E-state index contributed by atoms with van der Waals surface area (Å²) in [5.41, 5.74) is 7.90. The van der Waals surface area contributed by atoms with Gasteiger partial charge < -0.3 is 15.5 Å². The first-order valence-electron chi connectivity index (χ1n) is 7.25. The van der Waals surface area contributed by atoms with Gasteiger partial charge in [0.05, 0.1) is 16.9 Å². The molecule has 1 aromatic carbocycles. The first-order chi connectivity index (χ1) is 10.2. The maximum atomic E-state index is 12.1. The van der Waals surface area contributed by atoms with Crippen molar-refractivity contribution in [2.24, 2.45) is 11.7 Å². The van der Waals surface area contributed by atoms with Crippen LogP contribution in [-0.4, -0.2) is 10.9 Å². The fraction of sp³-hybridized carbons (Fsp3) is 0.375. The third-order valence-electron chi connectivity index (χ3n) is 3.98. The van der Waals surface area contributed by atoms with E-state index in [1.165, 1.54) is 0 Å². The Bertz CT molecular complexity index is 659. The van der Waals surface area contributed by atoms with Crippen molar-refractivity contribution in [3.8, 4) is 11.5 Å². The minimum Gasteiger partial charge on any atom is -0.441 e. The zero-order valence-electron chi connectivity index (χ0n) is 12.1. The number of anilines is 1. The van der Waals surface area contributed by atoms with Gasteiger partial charge in [0.15, 0.2) is 0 Å². The number of hydrogen-bond donors (Lipinski definition) is 2. The van der Waals surface area contributed by atoms with Crippen molar-refractivity contribution < 1.29 is 9.21 Å². The number of nitrogens with one attached hydrogen (secondary N) is 1. The summed E-state index contributed by atoms with van der Waals surface area (Å²) in [4.78, 5) is 16.5. The highest BCUT2D eigenvalue weighted by atomic mass is 16.4. The van der Waals surface area contributed by atoms with Crippen molar-refractivity contribution in [3.05, 3.63) is 35.7 Å². The van der Waals surface area contributed by atoms with Gasteiger partial charge in [0, 0.05) is 12.5 Å². The number of aryl methyl sites for hydroxylation is 1. The molecule has 1 aromatic heterocycles. The summed E-state index contributed by atoms with van der Waals surface area (Å²) in [6, 6.07) is 7.55. The summed E-state index contributed by atoms with van der Waals surface area (Å²) in [6.07, 6.45) is 3.09. The van der Waals surface area contributed by atoms with Gasteiger partial charge >= 0.3 is 0 Å². The van der Waals surface area contributed by atoms with Crippen molar-refractivity contribution in [1.29, 1.82) is 0 Å². The van der Waals surface area contributed by atoms with Crippen LogP contribution >= 0.6 is 0 Å². The van der Waals surface area contributed by atoms with Crippen LogP contribution in [0.4, 0.5) is 5.69 Å². The molecule has 1 heterocycles. The Morgan fingerprint density at radius 1 is 1.43 bits per heavy atom. The maximum absolute atomic E-state index is 12.1. The number of benzene rings is 1. The van der Waals surface area contributed by atoms with Crippen LogP contribution in [-0.2, 0) is 11.3 Å². The van der Waals surface area contributed by atoms with Crippen LogP contribution in [0.2, 0.25) is 0 Å². The van der Waals surface area contributed by atoms with Crippen LogP contribution in [0, 0.1) is 12.8 Å². The Morgan fingerprint density at radius 2 is 2.19 bits per heavy atom. The zero-order valence-corrected chi connectivity index (χ0v) is 12.1. The van der Waals surface area contributed by atoms with Crippen molar-refractivity contribution in [2.75, 3.05) is 5.32 Å². The number of oxazole rings is 1. The summed E-state index contributed by atoms with van der Waals surface area (Å²) < 4.78 is 5.67. The number of para-hydroxylation sites is 1. The molecule has 1 aliphatic rings. The van der Waals surface area contributed by atoms with Gasteiger partial charge in [0.25, 0.3) is 0 Å². The van der Waals surface area contributed by atoms with E-state index in [4.69, 9.17) is 10.2 Å². The van der Waals surface area contributed by atoms with Crippen LogP contribution in [0.15, 0.2) is 28.7 Å². The van der Waals surface area contributed by atoms with Crippen molar-refractivity contribution >= 4 is 11.6 Å². The van der Waals surface area contributed by atoms with Crippen molar-refractivity contribution in [2.45, 2.75) is 32.7 Å². The third-order valence-corrected chi connectivity index (χ3v) is 3.98. The molecule has 0 spiro atoms. The van der Waals surface area contributed by atoms with Gasteiger partial charge in [-0.1, -0.05) is 18.6 Å². The second kappa shape index (κ2) is 5.69. The molecule has 1 amide bonds. The molecule has 21 heavy (non-hydrogen) atoms. The van der Waals surface area contributed by atoms with E-state index in [0.29, 0.717) is 18.2 Å². The Kier molecular flexibility index (Phi) is 3.75. The smallest absolute Gasteiger partial charge is 0.228 e. The molecule has 1 saturated carbocycles. The standard InChI is InChI=1S/C16H19N3O2/c1-10-14(9-17)19-16(21-10)12-7-2-3-8-13(12)18-15(20)11-5-4-6-11/h2-3,7-8,11H,4-6,9,17H2,1H3,(H,18,20). The lowest BCUT2D eigenvalue weighted by molar-refractivity contribution is -0.122. The lowest BCUT2D eigenvalue weighted by Gasteiger charge is -2.24. The van der Waals surface area contributed by atoms with E-state index in [1.54, 1.807) is 0 Å². The normalized spacial score (nSPS) is 14.8. The molecule has 2 aromatic rings. The minimum atomic E-state index is 0.0797. The molecule has 0 bridgehead atoms. The molecule has 3 rings (SSSR count). The number of amides is 1. The van der Waals surface area contributed by atoms with Crippen molar-refractivity contribution in [1.82, 2.24) is 4.98 Å². The molecule has 1 fully saturated rings. The Labute approximate surface area is 123 Å². The van der Waals surface area contributed by atoms with Crippen LogP contribution in [0.1, 0.15) is 30.7 Å². The van der Waals surface area contributed by atoms with E-state index < -0.39 is 0 Å². The van der Waals surface area contributed by atoms with Gasteiger partial charge in [-0.05, 0) is 31.9 Å². The first kappa shape index (κ1) is 13.8. The first-order valence-corrected chi connectivity index (χ1v) is 7.25. The van der Waals surface area contributed by atoms with Gasteiger partial charge in [-0.15, -0.1) is 0 Å². The molecule has 0 unspecified atom stereocenters. The molecular formula is C16H19N3O2. The predicted molar refractivity (Wildman–Crippen MR) is 80.5 cm³/mol. The van der Waals surface area contributed by atoms with E-state index >= 15 is 0 Å². The molecule has 5 nitrogen and oxygen atoms in total. The maximum Gasteiger partial charge on any atom is 0.228 e. The average molecular weight is 285 g/mol. The molecule has 110 valence electrons. The van der Waals surface area contributed by atoms with Crippen LogP contribution < -0.4 is 11.1 Å². The summed E-state index contributed by atoms with van der Waals surface area (Å²) in [5.74, 6) is 1.44. The number of nitrogens with two attached hydrogens (primary N) is 1. The number of rotatable bonds is 4. The summed E-state index contributed by atoms with van der Waals surface area (Å²) in [5, 5.41) is 2.99. The quantitative estimate of drug-likeness (QED) is 0.905. The van der Waals surface area contributed by atoms with Crippen LogP contribution in [0.3, 0.4) is 0 Å². The number of carbonyl (C=O) groups is 1. The van der Waals surface area contributed by atoms with Gasteiger partial charge in [-0.3, -0.25) is 4.79 Å². The molecule has 1 aliphatic carbocycles. The van der Waals surface area contributed by atoms with Gasteiger partial charge in [-0.25, -0.2) is 4.98 Å². The number of carbonyl (C=O) groups excluding carboxylic acids is 1. The van der Waals surface area contributed by atoms with E-state index in [9.17, 15) is 4.79 Å². The largest absolute Gasteiger partial charge is 0.441 e. The average Bonchev–Trinajstić information content (AvgIpc) is 2.78. The lowest BCUT2D eigenvalue weighted by Crippen LogP contribution is -2.28. The van der Waals surface area contributed by atoms with Crippen molar-refractivity contribution in [3.63, 3.8) is 0 Å². The predicted octanol–water partition coefficient (Wildman–Crippen LogP) is 2.85. The van der Waals surface area contributed by atoms with Gasteiger partial charge in [-0.2, -0.15) is 0 Å². The third kappa shape index (κ3) is 2.69. The van der Waals surface area contributed by atoms with Crippen LogP contribution in [0.25, 0.3) is 11.5 Å². The Hall–Kier alpha value is -2.14.